The number of phenols is 1. The molecule has 0 radical (unpaired) electrons. The predicted molar refractivity (Wildman–Crippen MR) is 71.8 cm³/mol. The standard InChI is InChI=1S/C14H13N3O3/c1-2-13(19)20-8-7-12-15-9-16-14(17-12)10-5-3-4-6-11(10)18/h2-6,9,18H,1,7-8H2. The molecule has 1 aromatic carbocycles. The van der Waals surface area contributed by atoms with Crippen LogP contribution in [0.4, 0.5) is 0 Å². The minimum atomic E-state index is -0.486. The topological polar surface area (TPSA) is 85.2 Å². The number of phenolic OH excluding ortho intramolecular Hbond substituents is 1. The Labute approximate surface area is 115 Å². The van der Waals surface area contributed by atoms with Crippen molar-refractivity contribution in [2.75, 3.05) is 6.61 Å². The van der Waals surface area contributed by atoms with Gasteiger partial charge >= 0.3 is 5.97 Å². The summed E-state index contributed by atoms with van der Waals surface area (Å²) in [4.78, 5) is 23.2. The van der Waals surface area contributed by atoms with Crippen molar-refractivity contribution >= 4 is 5.97 Å². The average molecular weight is 271 g/mol. The van der Waals surface area contributed by atoms with Crippen LogP contribution in [0.2, 0.25) is 0 Å². The highest BCUT2D eigenvalue weighted by molar-refractivity contribution is 5.81. The molecule has 2 aromatic rings. The zero-order valence-electron chi connectivity index (χ0n) is 10.7. The van der Waals surface area contributed by atoms with E-state index in [-0.39, 0.29) is 12.4 Å². The summed E-state index contributed by atoms with van der Waals surface area (Å²) >= 11 is 0. The Kier molecular flexibility index (Phi) is 4.39. The third-order valence-electron chi connectivity index (χ3n) is 2.50. The fourth-order valence-corrected chi connectivity index (χ4v) is 1.54. The highest BCUT2D eigenvalue weighted by Crippen LogP contribution is 2.24. The van der Waals surface area contributed by atoms with Gasteiger partial charge < -0.3 is 9.84 Å². The average Bonchev–Trinajstić information content (AvgIpc) is 2.48. The van der Waals surface area contributed by atoms with Crippen LogP contribution in [0.3, 0.4) is 0 Å². The first-order valence-corrected chi connectivity index (χ1v) is 5.96. The van der Waals surface area contributed by atoms with Crippen molar-refractivity contribution < 1.29 is 14.6 Å². The van der Waals surface area contributed by atoms with Crippen molar-refractivity contribution in [3.63, 3.8) is 0 Å². The van der Waals surface area contributed by atoms with Crippen LogP contribution in [0.5, 0.6) is 5.75 Å². The summed E-state index contributed by atoms with van der Waals surface area (Å²) in [6, 6.07) is 6.77. The maximum Gasteiger partial charge on any atom is 0.330 e. The van der Waals surface area contributed by atoms with Crippen molar-refractivity contribution in [3.8, 4) is 17.1 Å². The van der Waals surface area contributed by atoms with Crippen LogP contribution < -0.4 is 0 Å². The van der Waals surface area contributed by atoms with E-state index in [0.29, 0.717) is 23.6 Å². The number of carbonyl (C=O) groups is 1. The zero-order chi connectivity index (χ0) is 14.4. The fraction of sp³-hybridized carbons (Fsp3) is 0.143. The Bertz CT molecular complexity index is 629. The molecule has 6 heteroatoms. The highest BCUT2D eigenvalue weighted by atomic mass is 16.5. The Morgan fingerprint density at radius 1 is 1.35 bits per heavy atom. The van der Waals surface area contributed by atoms with Crippen molar-refractivity contribution in [2.45, 2.75) is 6.42 Å². The Morgan fingerprint density at radius 2 is 2.15 bits per heavy atom. The first kappa shape index (κ1) is 13.7. The third kappa shape index (κ3) is 3.38. The van der Waals surface area contributed by atoms with Crippen molar-refractivity contribution in [1.29, 1.82) is 0 Å². The van der Waals surface area contributed by atoms with Crippen LogP contribution in [0.15, 0.2) is 43.2 Å². The van der Waals surface area contributed by atoms with E-state index >= 15 is 0 Å². The smallest absolute Gasteiger partial charge is 0.330 e. The molecule has 0 fully saturated rings. The van der Waals surface area contributed by atoms with Gasteiger partial charge in [0.25, 0.3) is 0 Å². The van der Waals surface area contributed by atoms with Gasteiger partial charge in [-0.05, 0) is 12.1 Å². The predicted octanol–water partition coefficient (Wildman–Crippen LogP) is 1.52. The molecule has 20 heavy (non-hydrogen) atoms. The highest BCUT2D eigenvalue weighted by Gasteiger charge is 2.08. The monoisotopic (exact) mass is 271 g/mol. The van der Waals surface area contributed by atoms with Crippen LogP contribution in [0.1, 0.15) is 5.82 Å². The summed E-state index contributed by atoms with van der Waals surface area (Å²) < 4.78 is 4.86. The van der Waals surface area contributed by atoms with Gasteiger partial charge in [0, 0.05) is 12.5 Å². The molecular formula is C14H13N3O3. The Balaban J connectivity index is 2.10. The molecule has 0 aliphatic heterocycles. The van der Waals surface area contributed by atoms with Crippen molar-refractivity contribution in [3.05, 3.63) is 49.1 Å². The lowest BCUT2D eigenvalue weighted by molar-refractivity contribution is -0.137. The van der Waals surface area contributed by atoms with Crippen LogP contribution in [0.25, 0.3) is 11.4 Å². The van der Waals surface area contributed by atoms with E-state index in [1.165, 1.54) is 6.33 Å². The normalized spacial score (nSPS) is 10.0. The number of para-hydroxylation sites is 1. The van der Waals surface area contributed by atoms with Gasteiger partial charge in [0.15, 0.2) is 5.82 Å². The van der Waals surface area contributed by atoms with Gasteiger partial charge in [-0.2, -0.15) is 0 Å². The number of aromatic hydroxyl groups is 1. The molecule has 0 saturated carbocycles. The molecule has 0 bridgehead atoms. The molecule has 0 unspecified atom stereocenters. The molecule has 2 rings (SSSR count). The van der Waals surface area contributed by atoms with Gasteiger partial charge in [-0.15, -0.1) is 0 Å². The molecule has 6 nitrogen and oxygen atoms in total. The first-order chi connectivity index (χ1) is 9.70. The number of hydrogen-bond donors (Lipinski definition) is 1. The molecule has 0 aliphatic rings. The maximum absolute atomic E-state index is 10.9. The largest absolute Gasteiger partial charge is 0.507 e. The molecule has 1 aromatic heterocycles. The van der Waals surface area contributed by atoms with E-state index in [4.69, 9.17) is 4.74 Å². The molecule has 1 N–H and O–H groups in total. The number of rotatable bonds is 5. The van der Waals surface area contributed by atoms with Crippen LogP contribution in [0, 0.1) is 0 Å². The molecule has 0 atom stereocenters. The Hall–Kier alpha value is -2.76. The molecule has 0 amide bonds. The van der Waals surface area contributed by atoms with Gasteiger partial charge in [-0.3, -0.25) is 0 Å². The number of benzene rings is 1. The van der Waals surface area contributed by atoms with E-state index in [0.717, 1.165) is 6.08 Å². The van der Waals surface area contributed by atoms with E-state index in [2.05, 4.69) is 21.5 Å². The SMILES string of the molecule is C=CC(=O)OCCc1ncnc(-c2ccccc2O)n1. The Morgan fingerprint density at radius 3 is 2.90 bits per heavy atom. The lowest BCUT2D eigenvalue weighted by atomic mass is 10.2. The summed E-state index contributed by atoms with van der Waals surface area (Å²) in [6.45, 7) is 3.47. The minimum Gasteiger partial charge on any atom is -0.507 e. The summed E-state index contributed by atoms with van der Waals surface area (Å²) in [5.74, 6) is 0.473. The van der Waals surface area contributed by atoms with Gasteiger partial charge in [0.1, 0.15) is 17.9 Å². The number of aromatic nitrogens is 3. The second kappa shape index (κ2) is 6.42. The number of carbonyl (C=O) groups excluding carboxylic acids is 1. The maximum atomic E-state index is 10.9. The third-order valence-corrected chi connectivity index (χ3v) is 2.50. The van der Waals surface area contributed by atoms with Crippen LogP contribution in [-0.2, 0) is 16.0 Å². The van der Waals surface area contributed by atoms with E-state index < -0.39 is 5.97 Å². The van der Waals surface area contributed by atoms with E-state index in [1.54, 1.807) is 24.3 Å². The van der Waals surface area contributed by atoms with Crippen molar-refractivity contribution in [2.24, 2.45) is 0 Å². The molecule has 0 spiro atoms. The van der Waals surface area contributed by atoms with Crippen LogP contribution >= 0.6 is 0 Å². The number of esters is 1. The summed E-state index contributed by atoms with van der Waals surface area (Å²) in [7, 11) is 0. The molecular weight excluding hydrogens is 258 g/mol. The van der Waals surface area contributed by atoms with Gasteiger partial charge in [-0.25, -0.2) is 19.7 Å². The summed E-state index contributed by atoms with van der Waals surface area (Å²) in [5.41, 5.74) is 0.527. The number of ether oxygens (including phenoxy) is 1. The quantitative estimate of drug-likeness (QED) is 0.655. The minimum absolute atomic E-state index is 0.0998. The molecule has 0 aliphatic carbocycles. The molecule has 1 heterocycles. The van der Waals surface area contributed by atoms with Crippen LogP contribution in [-0.4, -0.2) is 32.6 Å². The molecule has 0 saturated heterocycles. The van der Waals surface area contributed by atoms with Crippen molar-refractivity contribution in [1.82, 2.24) is 15.0 Å². The second-order valence-electron chi connectivity index (χ2n) is 3.86. The first-order valence-electron chi connectivity index (χ1n) is 5.96. The zero-order valence-corrected chi connectivity index (χ0v) is 10.7. The second-order valence-corrected chi connectivity index (χ2v) is 3.86. The lowest BCUT2D eigenvalue weighted by Crippen LogP contribution is -2.07. The van der Waals surface area contributed by atoms with Gasteiger partial charge in [0.2, 0.25) is 0 Å². The summed E-state index contributed by atoms with van der Waals surface area (Å²) in [6.07, 6.45) is 2.82. The number of nitrogens with zero attached hydrogens (tertiary/aromatic N) is 3. The lowest BCUT2D eigenvalue weighted by Gasteiger charge is -2.05. The fourth-order valence-electron chi connectivity index (χ4n) is 1.54. The van der Waals surface area contributed by atoms with Gasteiger partial charge in [-0.1, -0.05) is 18.7 Å². The van der Waals surface area contributed by atoms with Gasteiger partial charge in [0.05, 0.1) is 12.2 Å². The summed E-state index contributed by atoms with van der Waals surface area (Å²) in [5, 5.41) is 9.75. The van der Waals surface area contributed by atoms with E-state index in [1.807, 2.05) is 0 Å². The number of hydrogen-bond acceptors (Lipinski definition) is 6. The molecule has 102 valence electrons. The van der Waals surface area contributed by atoms with E-state index in [9.17, 15) is 9.90 Å².